The van der Waals surface area contributed by atoms with Crippen LogP contribution in [0.15, 0.2) is 48.6 Å². The first-order valence-electron chi connectivity index (χ1n) is 24.5. The molecule has 1 aromatic heterocycles. The predicted molar refractivity (Wildman–Crippen MR) is 256 cm³/mol. The number of nitrogens with zero attached hydrogens (tertiary/aromatic N) is 3. The van der Waals surface area contributed by atoms with E-state index >= 15 is 9.59 Å². The van der Waals surface area contributed by atoms with Crippen LogP contribution in [0.2, 0.25) is 0 Å². The van der Waals surface area contributed by atoms with E-state index in [0.29, 0.717) is 88.2 Å². The zero-order chi connectivity index (χ0) is 48.1. The number of hydrogen-bond donors (Lipinski definition) is 5. The van der Waals surface area contributed by atoms with Crippen LogP contribution in [-0.4, -0.2) is 144 Å². The lowest BCUT2D eigenvalue weighted by atomic mass is 9.47. The number of anilines is 1. The number of H-pyrrole nitrogens is 1. The largest absolute Gasteiger partial charge is 0.496 e. The molecule has 0 radical (unpaired) electrons. The number of ether oxygens (including phenoxy) is 2. The van der Waals surface area contributed by atoms with Crippen LogP contribution >= 0.6 is 7.60 Å². The van der Waals surface area contributed by atoms with Gasteiger partial charge in [-0.1, -0.05) is 58.0 Å². The molecule has 3 aromatic rings. The number of para-hydroxylation sites is 1. The first-order chi connectivity index (χ1) is 31.9. The third-order valence-corrected chi connectivity index (χ3v) is 19.7. The molecule has 6 aliphatic rings. The van der Waals surface area contributed by atoms with E-state index in [2.05, 4.69) is 32.2 Å². The molecule has 5 aliphatic heterocycles. The number of hydrogen-bond acceptors (Lipinski definition) is 13. The first-order valence-corrected chi connectivity index (χ1v) is 26.2. The van der Waals surface area contributed by atoms with Crippen LogP contribution in [0.3, 0.4) is 0 Å². The third kappa shape index (κ3) is 6.79. The minimum absolute atomic E-state index is 0.0734. The second kappa shape index (κ2) is 17.3. The summed E-state index contributed by atoms with van der Waals surface area (Å²) in [6.45, 7) is 14.4. The van der Waals surface area contributed by atoms with Crippen molar-refractivity contribution in [2.24, 2.45) is 17.3 Å². The predicted octanol–water partition coefficient (Wildman–Crippen LogP) is 5.61. The Bertz CT molecular complexity index is 2490. The van der Waals surface area contributed by atoms with Crippen molar-refractivity contribution in [3.05, 3.63) is 70.9 Å². The molecule has 1 aliphatic carbocycles. The number of esters is 1. The summed E-state index contributed by atoms with van der Waals surface area (Å²) in [6.07, 6.45) is 5.32. The fraction of sp³-hybridized carbons (Fsp3) is 0.647. The van der Waals surface area contributed by atoms with Crippen LogP contribution in [0.1, 0.15) is 96.0 Å². The van der Waals surface area contributed by atoms with Crippen molar-refractivity contribution in [2.45, 2.75) is 126 Å². The van der Waals surface area contributed by atoms with Crippen molar-refractivity contribution in [2.75, 3.05) is 72.1 Å². The molecule has 6 heterocycles. The van der Waals surface area contributed by atoms with Gasteiger partial charge in [0.05, 0.1) is 39.1 Å². The number of aliphatic hydroxyl groups is 3. The molecule has 1 saturated carbocycles. The van der Waals surface area contributed by atoms with Gasteiger partial charge in [0, 0.05) is 84.0 Å². The number of carbonyl (C=O) groups excluding carboxylic acids is 2. The highest BCUT2D eigenvalue weighted by atomic mass is 31.2. The van der Waals surface area contributed by atoms with Crippen LogP contribution < -0.4 is 15.0 Å². The minimum atomic E-state index is -3.97. The number of methoxy groups -OCH3 is 2. The maximum Gasteiger partial charge on any atom is 0.352 e. The van der Waals surface area contributed by atoms with Gasteiger partial charge in [-0.3, -0.25) is 24.0 Å². The average Bonchev–Trinajstić information content (AvgIpc) is 3.97. The highest BCUT2D eigenvalue weighted by molar-refractivity contribution is 7.54. The summed E-state index contributed by atoms with van der Waals surface area (Å²) in [4.78, 5) is 41.4. The van der Waals surface area contributed by atoms with E-state index in [0.717, 1.165) is 27.7 Å². The summed E-state index contributed by atoms with van der Waals surface area (Å²) in [7, 11) is 0.898. The van der Waals surface area contributed by atoms with Gasteiger partial charge in [-0.15, -0.1) is 0 Å². The van der Waals surface area contributed by atoms with Crippen molar-refractivity contribution in [1.29, 1.82) is 0 Å². The summed E-state index contributed by atoms with van der Waals surface area (Å²) in [5.74, 6) is -2.61. The van der Waals surface area contributed by atoms with Crippen LogP contribution in [0.25, 0.3) is 10.9 Å². The Hall–Kier alpha value is -3.79. The lowest BCUT2D eigenvalue weighted by Crippen LogP contribution is -2.82. The summed E-state index contributed by atoms with van der Waals surface area (Å²) in [5, 5.41) is 42.9. The molecular formula is C51H72N5O10P. The zero-order valence-electron chi connectivity index (χ0n) is 40.8. The molecule has 15 nitrogen and oxygen atoms in total. The lowest BCUT2D eigenvalue weighted by molar-refractivity contribution is -0.203. The molecule has 2 aromatic carbocycles. The molecular weight excluding hydrogens is 874 g/mol. The highest BCUT2D eigenvalue weighted by Gasteiger charge is 2.79. The van der Waals surface area contributed by atoms with Gasteiger partial charge < -0.3 is 49.0 Å². The van der Waals surface area contributed by atoms with Crippen LogP contribution in [0.4, 0.5) is 5.69 Å². The Labute approximate surface area is 395 Å². The molecule has 2 unspecified atom stereocenters. The van der Waals surface area contributed by atoms with Gasteiger partial charge in [-0.2, -0.15) is 0 Å². The van der Waals surface area contributed by atoms with Gasteiger partial charge in [0.15, 0.2) is 5.60 Å². The second-order valence-electron chi connectivity index (χ2n) is 20.7. The molecule has 1 amide bonds. The molecule has 2 saturated heterocycles. The standard InChI is InChI=1S/C51H72N5O10P/c1-10-47(60)27-32-28-50(46(59)64-9,40-34(19-23-55(29-32)30-47)33-17-14-15-18-37(33)52-40)36-25-35-38(26-39(36)63-8)54(7)43-49(35)21-24-56-22-16-20-48(11-2,42(49)56)44(57)51(43,61)45(58)53-41(31(5)6)67(62,65-12-3)66-13-4/h14-18,20,25-26,31-32,41-44,52,57,60-61H,10-13,19,21-24,27-30H2,1-9H3,(H,53,58)/t32-,41?,42+,43-,44-,47+,48-,49-,50+,51+/m1/s1. The van der Waals surface area contributed by atoms with E-state index in [9.17, 15) is 19.9 Å². The van der Waals surface area contributed by atoms with E-state index in [1.54, 1.807) is 21.0 Å². The smallest absolute Gasteiger partial charge is 0.352 e. The minimum Gasteiger partial charge on any atom is -0.496 e. The Morgan fingerprint density at radius 2 is 1.72 bits per heavy atom. The third-order valence-electron chi connectivity index (χ3n) is 17.1. The maximum absolute atomic E-state index is 15.5. The van der Waals surface area contributed by atoms with E-state index in [4.69, 9.17) is 18.5 Å². The number of benzene rings is 2. The highest BCUT2D eigenvalue weighted by Crippen LogP contribution is 2.68. The summed E-state index contributed by atoms with van der Waals surface area (Å²) < 4.78 is 38.5. The van der Waals surface area contributed by atoms with Crippen molar-refractivity contribution in [1.82, 2.24) is 20.1 Å². The topological polar surface area (TPSA) is 186 Å². The van der Waals surface area contributed by atoms with Crippen molar-refractivity contribution in [3.63, 3.8) is 0 Å². The average molecular weight is 946 g/mol. The Morgan fingerprint density at radius 1 is 0.985 bits per heavy atom. The van der Waals surface area contributed by atoms with Crippen molar-refractivity contribution >= 4 is 36.1 Å². The van der Waals surface area contributed by atoms with Crippen LogP contribution in [-0.2, 0) is 45.2 Å². The molecule has 67 heavy (non-hydrogen) atoms. The normalized spacial score (nSPS) is 34.9. The molecule has 5 N–H and O–H groups in total. The first kappa shape index (κ1) is 48.2. The van der Waals surface area contributed by atoms with Crippen molar-refractivity contribution < 1.29 is 48.0 Å². The van der Waals surface area contributed by atoms with Gasteiger partial charge in [0.1, 0.15) is 23.1 Å². The van der Waals surface area contributed by atoms with Gasteiger partial charge in [0.25, 0.3) is 5.91 Å². The number of aliphatic hydroxyl groups excluding tert-OH is 1. The van der Waals surface area contributed by atoms with E-state index in [-0.39, 0.29) is 25.2 Å². The van der Waals surface area contributed by atoms with Gasteiger partial charge in [0.2, 0.25) is 0 Å². The number of likely N-dealkylation sites (N-methyl/N-ethyl adjacent to an activating group) is 1. The van der Waals surface area contributed by atoms with Gasteiger partial charge >= 0.3 is 13.6 Å². The fourth-order valence-electron chi connectivity index (χ4n) is 14.4. The SMILES string of the molecule is CCOP(=O)(OCC)C(NC(=O)[C@@]1(O)[C@H](O)[C@]2(CC)C=CCN3CC[C@@]4(c5cc([C@@]6(C(=O)OC)C[C@@H]7CN(CCc8c6[nH]c6ccccc86)C[C@](O)(CC)C7)c(OC)cc5N(C)[C@@H]14)[C@@H]32)C(C)C. The number of carbonyl (C=O) groups is 2. The molecule has 3 fully saturated rings. The van der Waals surface area contributed by atoms with Gasteiger partial charge in [-0.05, 0) is 94.0 Å². The number of piperidine rings is 1. The second-order valence-corrected chi connectivity index (χ2v) is 22.8. The fourth-order valence-corrected chi connectivity index (χ4v) is 16.6. The Kier molecular flexibility index (Phi) is 12.4. The van der Waals surface area contributed by atoms with E-state index < -0.39 is 70.8 Å². The quantitative estimate of drug-likeness (QED) is 0.0810. The maximum atomic E-state index is 15.5. The molecule has 366 valence electrons. The molecule has 11 atom stereocenters. The monoisotopic (exact) mass is 946 g/mol. The zero-order valence-corrected chi connectivity index (χ0v) is 41.7. The summed E-state index contributed by atoms with van der Waals surface area (Å²) in [5.41, 5.74) is -2.27. The number of amides is 1. The van der Waals surface area contributed by atoms with Crippen molar-refractivity contribution in [3.8, 4) is 5.75 Å². The lowest BCUT2D eigenvalue weighted by Gasteiger charge is -2.63. The number of aromatic nitrogens is 1. The number of aromatic amines is 1. The number of fused-ring (bicyclic) bond motifs is 6. The van der Waals surface area contributed by atoms with Crippen LogP contribution in [0, 0.1) is 17.3 Å². The number of rotatable bonds is 13. The van der Waals surface area contributed by atoms with E-state index in [1.165, 1.54) is 7.11 Å². The van der Waals surface area contributed by atoms with Gasteiger partial charge in [-0.25, -0.2) is 0 Å². The van der Waals surface area contributed by atoms with Crippen LogP contribution in [0.5, 0.6) is 5.75 Å². The summed E-state index contributed by atoms with van der Waals surface area (Å²) >= 11 is 0. The van der Waals surface area contributed by atoms with E-state index in [1.807, 2.05) is 76.1 Å². The molecule has 9 rings (SSSR count). The molecule has 2 bridgehead atoms. The molecule has 16 heteroatoms. The summed E-state index contributed by atoms with van der Waals surface area (Å²) in [6, 6.07) is 10.7. The molecule has 1 spiro atoms. The Balaban J connectivity index is 1.31. The number of nitrogens with one attached hydrogen (secondary N) is 2. The Morgan fingerprint density at radius 3 is 2.37 bits per heavy atom.